The third kappa shape index (κ3) is 2.13. The van der Waals surface area contributed by atoms with Crippen molar-refractivity contribution < 1.29 is 13.6 Å². The van der Waals surface area contributed by atoms with Crippen molar-refractivity contribution >= 4 is 5.78 Å². The number of hydrogen-bond acceptors (Lipinski definition) is 2. The van der Waals surface area contributed by atoms with Crippen LogP contribution in [0.5, 0.6) is 0 Å². The van der Waals surface area contributed by atoms with E-state index >= 15 is 0 Å². The summed E-state index contributed by atoms with van der Waals surface area (Å²) in [5, 5.41) is 0. The van der Waals surface area contributed by atoms with E-state index in [0.717, 1.165) is 5.56 Å². The van der Waals surface area contributed by atoms with Gasteiger partial charge < -0.3 is 4.42 Å². The fourth-order valence-corrected chi connectivity index (χ4v) is 1.75. The van der Waals surface area contributed by atoms with Gasteiger partial charge in [0.1, 0.15) is 12.1 Å². The van der Waals surface area contributed by atoms with Crippen molar-refractivity contribution in [2.24, 2.45) is 0 Å². The maximum Gasteiger partial charge on any atom is 0.176 e. The Hall–Kier alpha value is -1.90. The molecule has 1 aromatic heterocycles. The molecule has 88 valence electrons. The third-order valence-corrected chi connectivity index (χ3v) is 2.92. The summed E-state index contributed by atoms with van der Waals surface area (Å²) in [6, 6.07) is 7.62. The standard InChI is InChI=1S/C14H13FO2/c1-14(2,11-3-5-12(15)6-4-11)13(16)10-7-8-17-9-10/h3-9H,1-2H3. The van der Waals surface area contributed by atoms with Gasteiger partial charge in [0.25, 0.3) is 0 Å². The minimum Gasteiger partial charge on any atom is -0.472 e. The molecule has 0 saturated carbocycles. The molecule has 0 spiro atoms. The van der Waals surface area contributed by atoms with Gasteiger partial charge in [-0.15, -0.1) is 0 Å². The summed E-state index contributed by atoms with van der Waals surface area (Å²) in [6.45, 7) is 3.63. The van der Waals surface area contributed by atoms with Gasteiger partial charge in [0.15, 0.2) is 5.78 Å². The predicted octanol–water partition coefficient (Wildman–Crippen LogP) is 3.58. The second-order valence-electron chi connectivity index (χ2n) is 4.47. The average molecular weight is 232 g/mol. The smallest absolute Gasteiger partial charge is 0.176 e. The van der Waals surface area contributed by atoms with E-state index in [1.807, 2.05) is 13.8 Å². The molecule has 0 N–H and O–H groups in total. The lowest BCUT2D eigenvalue weighted by Gasteiger charge is -2.22. The highest BCUT2D eigenvalue weighted by atomic mass is 19.1. The number of ketones is 1. The number of benzene rings is 1. The molecule has 0 atom stereocenters. The largest absolute Gasteiger partial charge is 0.472 e. The third-order valence-electron chi connectivity index (χ3n) is 2.92. The van der Waals surface area contributed by atoms with Crippen LogP contribution in [0.4, 0.5) is 4.39 Å². The zero-order chi connectivity index (χ0) is 12.5. The molecule has 0 unspecified atom stereocenters. The van der Waals surface area contributed by atoms with Crippen LogP contribution in [0.3, 0.4) is 0 Å². The average Bonchev–Trinajstić information content (AvgIpc) is 2.82. The highest BCUT2D eigenvalue weighted by molar-refractivity contribution is 6.03. The van der Waals surface area contributed by atoms with Crippen LogP contribution in [0.1, 0.15) is 29.8 Å². The van der Waals surface area contributed by atoms with Gasteiger partial charge in [-0.3, -0.25) is 4.79 Å². The Morgan fingerprint density at radius 2 is 1.82 bits per heavy atom. The van der Waals surface area contributed by atoms with Gasteiger partial charge in [-0.05, 0) is 37.6 Å². The molecule has 0 bridgehead atoms. The van der Waals surface area contributed by atoms with Gasteiger partial charge >= 0.3 is 0 Å². The summed E-state index contributed by atoms with van der Waals surface area (Å²) < 4.78 is 17.8. The fraction of sp³-hybridized carbons (Fsp3) is 0.214. The van der Waals surface area contributed by atoms with Crippen LogP contribution in [0.25, 0.3) is 0 Å². The summed E-state index contributed by atoms with van der Waals surface area (Å²) >= 11 is 0. The van der Waals surface area contributed by atoms with Crippen LogP contribution in [-0.4, -0.2) is 5.78 Å². The molecule has 0 aliphatic heterocycles. The lowest BCUT2D eigenvalue weighted by molar-refractivity contribution is 0.0908. The van der Waals surface area contributed by atoms with Gasteiger partial charge in [-0.1, -0.05) is 12.1 Å². The fourth-order valence-electron chi connectivity index (χ4n) is 1.75. The molecular formula is C14H13FO2. The number of carbonyl (C=O) groups excluding carboxylic acids is 1. The van der Waals surface area contributed by atoms with Gasteiger partial charge in [0.2, 0.25) is 0 Å². The summed E-state index contributed by atoms with van der Waals surface area (Å²) in [5.74, 6) is -0.349. The molecule has 0 aliphatic carbocycles. The number of halogens is 1. The van der Waals surface area contributed by atoms with E-state index in [0.29, 0.717) is 5.56 Å². The summed E-state index contributed by atoms with van der Waals surface area (Å²) in [5.41, 5.74) is 0.613. The quantitative estimate of drug-likeness (QED) is 0.757. The number of Topliss-reactive ketones (excluding diaryl/α,β-unsaturated/α-hetero) is 1. The molecule has 2 rings (SSSR count). The van der Waals surface area contributed by atoms with Crippen molar-refractivity contribution in [1.29, 1.82) is 0 Å². The molecule has 0 aliphatic rings. The van der Waals surface area contributed by atoms with Crippen molar-refractivity contribution in [2.75, 3.05) is 0 Å². The van der Waals surface area contributed by atoms with Crippen molar-refractivity contribution in [3.63, 3.8) is 0 Å². The second-order valence-corrected chi connectivity index (χ2v) is 4.47. The molecule has 0 amide bonds. The van der Waals surface area contributed by atoms with Crippen molar-refractivity contribution in [3.8, 4) is 0 Å². The molecule has 2 nitrogen and oxygen atoms in total. The monoisotopic (exact) mass is 232 g/mol. The van der Waals surface area contributed by atoms with Crippen LogP contribution in [0, 0.1) is 5.82 Å². The maximum atomic E-state index is 12.8. The minimum absolute atomic E-state index is 0.0436. The predicted molar refractivity (Wildman–Crippen MR) is 62.5 cm³/mol. The van der Waals surface area contributed by atoms with E-state index in [2.05, 4.69) is 0 Å². The maximum absolute atomic E-state index is 12.8. The lowest BCUT2D eigenvalue weighted by Crippen LogP contribution is -2.28. The summed E-state index contributed by atoms with van der Waals surface area (Å²) in [4.78, 5) is 12.3. The molecule has 1 aromatic carbocycles. The Morgan fingerprint density at radius 1 is 1.18 bits per heavy atom. The first-order valence-corrected chi connectivity index (χ1v) is 5.35. The van der Waals surface area contributed by atoms with E-state index in [1.54, 1.807) is 18.2 Å². The summed E-state index contributed by atoms with van der Waals surface area (Å²) in [7, 11) is 0. The van der Waals surface area contributed by atoms with Gasteiger partial charge in [0, 0.05) is 0 Å². The van der Waals surface area contributed by atoms with Crippen molar-refractivity contribution in [3.05, 3.63) is 59.8 Å². The number of hydrogen-bond donors (Lipinski definition) is 0. The van der Waals surface area contributed by atoms with Crippen LogP contribution in [-0.2, 0) is 5.41 Å². The highest BCUT2D eigenvalue weighted by Crippen LogP contribution is 2.27. The van der Waals surface area contributed by atoms with Crippen LogP contribution in [0.2, 0.25) is 0 Å². The zero-order valence-corrected chi connectivity index (χ0v) is 9.74. The molecule has 1 heterocycles. The van der Waals surface area contributed by atoms with E-state index in [-0.39, 0.29) is 11.6 Å². The Labute approximate surface area is 99.1 Å². The van der Waals surface area contributed by atoms with E-state index in [1.165, 1.54) is 24.7 Å². The SMILES string of the molecule is CC(C)(C(=O)c1ccoc1)c1ccc(F)cc1. The van der Waals surface area contributed by atoms with Crippen molar-refractivity contribution in [1.82, 2.24) is 0 Å². The molecule has 0 radical (unpaired) electrons. The lowest BCUT2D eigenvalue weighted by atomic mass is 9.78. The highest BCUT2D eigenvalue weighted by Gasteiger charge is 2.31. The second kappa shape index (κ2) is 4.17. The number of furan rings is 1. The van der Waals surface area contributed by atoms with Gasteiger partial charge in [-0.2, -0.15) is 0 Å². The Bertz CT molecular complexity index is 510. The first kappa shape index (κ1) is 11.6. The Morgan fingerprint density at radius 3 is 2.35 bits per heavy atom. The topological polar surface area (TPSA) is 30.2 Å². The van der Waals surface area contributed by atoms with Crippen molar-refractivity contribution in [2.45, 2.75) is 19.3 Å². The minimum atomic E-state index is -0.697. The Kier molecular flexibility index (Phi) is 2.84. The number of carbonyl (C=O) groups is 1. The van der Waals surface area contributed by atoms with Gasteiger partial charge in [-0.25, -0.2) is 4.39 Å². The number of rotatable bonds is 3. The van der Waals surface area contributed by atoms with Crippen LogP contribution < -0.4 is 0 Å². The van der Waals surface area contributed by atoms with Crippen LogP contribution >= 0.6 is 0 Å². The van der Waals surface area contributed by atoms with E-state index in [4.69, 9.17) is 4.42 Å². The summed E-state index contributed by atoms with van der Waals surface area (Å²) in [6.07, 6.45) is 2.89. The molecular weight excluding hydrogens is 219 g/mol. The van der Waals surface area contributed by atoms with E-state index in [9.17, 15) is 9.18 Å². The van der Waals surface area contributed by atoms with E-state index < -0.39 is 5.41 Å². The molecule has 3 heteroatoms. The molecule has 17 heavy (non-hydrogen) atoms. The Balaban J connectivity index is 2.36. The molecule has 0 fully saturated rings. The first-order valence-electron chi connectivity index (χ1n) is 5.35. The van der Waals surface area contributed by atoms with Crippen LogP contribution in [0.15, 0.2) is 47.3 Å². The normalized spacial score (nSPS) is 11.5. The molecule has 2 aromatic rings. The first-order chi connectivity index (χ1) is 8.01. The molecule has 0 saturated heterocycles. The zero-order valence-electron chi connectivity index (χ0n) is 9.74. The van der Waals surface area contributed by atoms with Gasteiger partial charge in [0.05, 0.1) is 17.2 Å².